The van der Waals surface area contributed by atoms with E-state index in [2.05, 4.69) is 15.0 Å². The van der Waals surface area contributed by atoms with Crippen LogP contribution in [-0.2, 0) is 6.54 Å². The molecule has 7 nitrogen and oxygen atoms in total. The maximum atomic E-state index is 11.8. The van der Waals surface area contributed by atoms with Gasteiger partial charge < -0.3 is 9.55 Å². The highest BCUT2D eigenvalue weighted by Gasteiger charge is 2.12. The fraction of sp³-hybridized carbons (Fsp3) is 0.0833. The smallest absolute Gasteiger partial charge is 0.268 e. The van der Waals surface area contributed by atoms with E-state index < -0.39 is 0 Å². The Labute approximate surface area is 116 Å². The predicted molar refractivity (Wildman–Crippen MR) is 71.0 cm³/mol. The molecule has 0 aliphatic heterocycles. The molecule has 0 bridgehead atoms. The molecule has 0 saturated carbocycles. The predicted octanol–water partition coefficient (Wildman–Crippen LogP) is 0.973. The van der Waals surface area contributed by atoms with Crippen LogP contribution in [0.25, 0.3) is 10.2 Å². The van der Waals surface area contributed by atoms with Crippen molar-refractivity contribution in [2.45, 2.75) is 6.54 Å². The highest BCUT2D eigenvalue weighted by Crippen LogP contribution is 2.14. The molecule has 20 heavy (non-hydrogen) atoms. The minimum atomic E-state index is -0.209. The standard InChI is InChI=1S/C12H6N6OS/c13-3-8-9(4-14)18(6-15-8)5-10-16-7-1-2-20-11(7)12(19)17-10/h1-2,6H,5H2,(H,16,17,19). The molecule has 3 heterocycles. The van der Waals surface area contributed by atoms with Crippen molar-refractivity contribution in [1.29, 1.82) is 10.5 Å². The number of hydrogen-bond donors (Lipinski definition) is 1. The summed E-state index contributed by atoms with van der Waals surface area (Å²) in [5, 5.41) is 19.7. The van der Waals surface area contributed by atoms with Gasteiger partial charge >= 0.3 is 0 Å². The Morgan fingerprint density at radius 1 is 1.40 bits per heavy atom. The summed E-state index contributed by atoms with van der Waals surface area (Å²) in [4.78, 5) is 22.7. The molecule has 0 amide bonds. The maximum absolute atomic E-state index is 11.8. The number of imidazole rings is 1. The van der Waals surface area contributed by atoms with Crippen molar-refractivity contribution < 1.29 is 0 Å². The van der Waals surface area contributed by atoms with Gasteiger partial charge in [0.05, 0.1) is 18.4 Å². The first kappa shape index (κ1) is 12.1. The largest absolute Gasteiger partial charge is 0.314 e. The third kappa shape index (κ3) is 1.85. The lowest BCUT2D eigenvalue weighted by Gasteiger charge is -2.03. The van der Waals surface area contributed by atoms with Crippen LogP contribution < -0.4 is 5.56 Å². The lowest BCUT2D eigenvalue weighted by molar-refractivity contribution is 0.736. The van der Waals surface area contributed by atoms with Crippen LogP contribution in [-0.4, -0.2) is 19.5 Å². The maximum Gasteiger partial charge on any atom is 0.268 e. The zero-order chi connectivity index (χ0) is 14.1. The summed E-state index contributed by atoms with van der Waals surface area (Å²) in [6.07, 6.45) is 1.38. The minimum absolute atomic E-state index is 0.0615. The van der Waals surface area contributed by atoms with Gasteiger partial charge in [-0.2, -0.15) is 10.5 Å². The van der Waals surface area contributed by atoms with Crippen LogP contribution in [0, 0.1) is 22.7 Å². The first-order valence-corrected chi connectivity index (χ1v) is 6.42. The third-order valence-electron chi connectivity index (χ3n) is 2.73. The molecule has 0 aliphatic carbocycles. The molecule has 0 radical (unpaired) electrons. The number of aromatic amines is 1. The SMILES string of the molecule is N#Cc1ncn(Cc2nc3ccsc3c(=O)[nH]2)c1C#N. The molecule has 3 aromatic heterocycles. The molecule has 1 N–H and O–H groups in total. The number of thiophene rings is 1. The van der Waals surface area contributed by atoms with Crippen LogP contribution in [0.15, 0.2) is 22.6 Å². The van der Waals surface area contributed by atoms with Gasteiger partial charge in [-0.05, 0) is 11.4 Å². The van der Waals surface area contributed by atoms with Crippen molar-refractivity contribution in [2.24, 2.45) is 0 Å². The molecule has 0 unspecified atom stereocenters. The number of nitriles is 2. The normalized spacial score (nSPS) is 10.3. The average molecular weight is 282 g/mol. The van der Waals surface area contributed by atoms with Gasteiger partial charge in [-0.1, -0.05) is 0 Å². The molecule has 0 spiro atoms. The fourth-order valence-corrected chi connectivity index (χ4v) is 2.58. The van der Waals surface area contributed by atoms with Gasteiger partial charge in [0.15, 0.2) is 11.4 Å². The van der Waals surface area contributed by atoms with Gasteiger partial charge in [0.25, 0.3) is 5.56 Å². The molecule has 8 heteroatoms. The van der Waals surface area contributed by atoms with Gasteiger partial charge in [-0.25, -0.2) is 9.97 Å². The van der Waals surface area contributed by atoms with Crippen molar-refractivity contribution >= 4 is 21.6 Å². The average Bonchev–Trinajstić information content (AvgIpc) is 3.05. The summed E-state index contributed by atoms with van der Waals surface area (Å²) in [5.41, 5.74) is 0.624. The van der Waals surface area contributed by atoms with Crippen molar-refractivity contribution in [3.8, 4) is 12.1 Å². The van der Waals surface area contributed by atoms with E-state index in [1.165, 1.54) is 22.2 Å². The Balaban J connectivity index is 2.06. The number of fused-ring (bicyclic) bond motifs is 1. The lowest BCUT2D eigenvalue weighted by Crippen LogP contribution is -2.13. The molecule has 3 aromatic rings. The second-order valence-corrected chi connectivity index (χ2v) is 4.86. The van der Waals surface area contributed by atoms with E-state index >= 15 is 0 Å². The van der Waals surface area contributed by atoms with Gasteiger partial charge in [0.2, 0.25) is 0 Å². The van der Waals surface area contributed by atoms with E-state index in [1.54, 1.807) is 11.4 Å². The van der Waals surface area contributed by atoms with E-state index in [4.69, 9.17) is 10.5 Å². The van der Waals surface area contributed by atoms with Crippen LogP contribution >= 0.6 is 11.3 Å². The Kier molecular flexibility index (Phi) is 2.78. The molecule has 0 aromatic carbocycles. The van der Waals surface area contributed by atoms with Crippen molar-refractivity contribution in [3.63, 3.8) is 0 Å². The first-order chi connectivity index (χ1) is 9.72. The van der Waals surface area contributed by atoms with Gasteiger partial charge in [0.1, 0.15) is 22.7 Å². The van der Waals surface area contributed by atoms with Gasteiger partial charge in [0, 0.05) is 0 Å². The molecular formula is C12H6N6OS. The van der Waals surface area contributed by atoms with E-state index in [1.807, 2.05) is 12.1 Å². The van der Waals surface area contributed by atoms with Crippen LogP contribution in [0.4, 0.5) is 0 Å². The summed E-state index contributed by atoms with van der Waals surface area (Å²) in [6.45, 7) is 0.179. The van der Waals surface area contributed by atoms with E-state index in [0.717, 1.165) is 0 Å². The number of aromatic nitrogens is 4. The van der Waals surface area contributed by atoms with Crippen LogP contribution in [0.3, 0.4) is 0 Å². The highest BCUT2D eigenvalue weighted by atomic mass is 32.1. The molecule has 0 fully saturated rings. The van der Waals surface area contributed by atoms with Crippen molar-refractivity contribution in [3.05, 3.63) is 45.3 Å². The van der Waals surface area contributed by atoms with Crippen LogP contribution in [0.1, 0.15) is 17.2 Å². The number of nitrogens with one attached hydrogen (secondary N) is 1. The Bertz CT molecular complexity index is 935. The summed E-state index contributed by atoms with van der Waals surface area (Å²) in [5.74, 6) is 0.416. The summed E-state index contributed by atoms with van der Waals surface area (Å²) >= 11 is 1.32. The fourth-order valence-electron chi connectivity index (χ4n) is 1.86. The van der Waals surface area contributed by atoms with E-state index in [0.29, 0.717) is 16.0 Å². The monoisotopic (exact) mass is 282 g/mol. The molecule has 0 aliphatic rings. The minimum Gasteiger partial charge on any atom is -0.314 e. The second-order valence-electron chi connectivity index (χ2n) is 3.94. The summed E-state index contributed by atoms with van der Waals surface area (Å²) in [7, 11) is 0. The molecule has 0 saturated heterocycles. The lowest BCUT2D eigenvalue weighted by atomic mass is 10.3. The number of H-pyrrole nitrogens is 1. The molecule has 96 valence electrons. The van der Waals surface area contributed by atoms with Crippen molar-refractivity contribution in [1.82, 2.24) is 19.5 Å². The van der Waals surface area contributed by atoms with E-state index in [9.17, 15) is 4.79 Å². The van der Waals surface area contributed by atoms with E-state index in [-0.39, 0.29) is 23.5 Å². The molecular weight excluding hydrogens is 276 g/mol. The summed E-state index contributed by atoms with van der Waals surface area (Å²) < 4.78 is 2.05. The van der Waals surface area contributed by atoms with Crippen LogP contribution in [0.5, 0.6) is 0 Å². The number of nitrogens with zero attached hydrogens (tertiary/aromatic N) is 5. The topological polar surface area (TPSA) is 111 Å². The number of rotatable bonds is 2. The van der Waals surface area contributed by atoms with Crippen LogP contribution in [0.2, 0.25) is 0 Å². The zero-order valence-electron chi connectivity index (χ0n) is 9.99. The molecule has 3 rings (SSSR count). The first-order valence-electron chi connectivity index (χ1n) is 5.54. The Morgan fingerprint density at radius 2 is 2.25 bits per heavy atom. The Hall–Kier alpha value is -2.97. The third-order valence-corrected chi connectivity index (χ3v) is 3.64. The quantitative estimate of drug-likeness (QED) is 0.752. The van der Waals surface area contributed by atoms with Gasteiger partial charge in [-0.3, -0.25) is 4.79 Å². The van der Waals surface area contributed by atoms with Gasteiger partial charge in [-0.15, -0.1) is 11.3 Å². The second kappa shape index (κ2) is 4.61. The Morgan fingerprint density at radius 3 is 3.00 bits per heavy atom. The summed E-state index contributed by atoms with van der Waals surface area (Å²) in [6, 6.07) is 5.53. The van der Waals surface area contributed by atoms with Crippen molar-refractivity contribution in [2.75, 3.05) is 0 Å². The number of hydrogen-bond acceptors (Lipinski definition) is 6. The molecule has 0 atom stereocenters. The zero-order valence-corrected chi connectivity index (χ0v) is 10.8. The highest BCUT2D eigenvalue weighted by molar-refractivity contribution is 7.17.